The minimum atomic E-state index is -0.288. The lowest BCUT2D eigenvalue weighted by Gasteiger charge is -2.23. The number of para-hydroxylation sites is 2. The SMILES string of the molecule is CNCC(=O)Nc1ccccc1OC(C)(C)C.Cl. The number of amides is 1. The van der Waals surface area contributed by atoms with Crippen LogP contribution in [0, 0.1) is 0 Å². The molecule has 0 saturated carbocycles. The maximum absolute atomic E-state index is 11.5. The first-order valence-corrected chi connectivity index (χ1v) is 5.65. The number of rotatable bonds is 4. The molecule has 0 bridgehead atoms. The molecule has 5 heteroatoms. The molecule has 2 N–H and O–H groups in total. The molecular weight excluding hydrogens is 252 g/mol. The summed E-state index contributed by atoms with van der Waals surface area (Å²) in [4.78, 5) is 11.5. The van der Waals surface area contributed by atoms with Crippen molar-refractivity contribution in [1.82, 2.24) is 5.32 Å². The normalized spacial score (nSPS) is 10.4. The summed E-state index contributed by atoms with van der Waals surface area (Å²) in [6.07, 6.45) is 0. The maximum atomic E-state index is 11.5. The third kappa shape index (κ3) is 5.89. The van der Waals surface area contributed by atoms with Crippen LogP contribution in [0.4, 0.5) is 5.69 Å². The van der Waals surface area contributed by atoms with Gasteiger partial charge in [0.1, 0.15) is 11.4 Å². The van der Waals surface area contributed by atoms with Gasteiger partial charge in [-0.25, -0.2) is 0 Å². The number of likely N-dealkylation sites (N-methyl/N-ethyl adjacent to an activating group) is 1. The molecule has 18 heavy (non-hydrogen) atoms. The van der Waals surface area contributed by atoms with Crippen LogP contribution in [-0.2, 0) is 4.79 Å². The number of carbonyl (C=O) groups is 1. The second-order valence-electron chi connectivity index (χ2n) is 4.79. The Labute approximate surface area is 115 Å². The van der Waals surface area contributed by atoms with E-state index in [0.29, 0.717) is 11.4 Å². The van der Waals surface area contributed by atoms with Crippen LogP contribution in [0.2, 0.25) is 0 Å². The van der Waals surface area contributed by atoms with Crippen LogP contribution in [0.15, 0.2) is 24.3 Å². The van der Waals surface area contributed by atoms with E-state index in [1.807, 2.05) is 45.0 Å². The molecule has 0 fully saturated rings. The highest BCUT2D eigenvalue weighted by Gasteiger charge is 2.15. The van der Waals surface area contributed by atoms with E-state index in [2.05, 4.69) is 10.6 Å². The van der Waals surface area contributed by atoms with Gasteiger partial charge in [0, 0.05) is 0 Å². The lowest BCUT2D eigenvalue weighted by atomic mass is 10.2. The standard InChI is InChI=1S/C13H20N2O2.ClH/c1-13(2,3)17-11-8-6-5-7-10(11)15-12(16)9-14-4;/h5-8,14H,9H2,1-4H3,(H,15,16);1H. The van der Waals surface area contributed by atoms with Crippen molar-refractivity contribution in [3.05, 3.63) is 24.3 Å². The van der Waals surface area contributed by atoms with Crippen molar-refractivity contribution in [2.75, 3.05) is 18.9 Å². The molecule has 0 aliphatic rings. The zero-order chi connectivity index (χ0) is 12.9. The van der Waals surface area contributed by atoms with Gasteiger partial charge in [0.05, 0.1) is 12.2 Å². The van der Waals surface area contributed by atoms with E-state index in [1.54, 1.807) is 7.05 Å². The molecule has 1 amide bonds. The summed E-state index contributed by atoms with van der Waals surface area (Å²) in [5.41, 5.74) is 0.409. The zero-order valence-corrected chi connectivity index (χ0v) is 12.1. The van der Waals surface area contributed by atoms with Gasteiger partial charge in [-0.05, 0) is 40.0 Å². The lowest BCUT2D eigenvalue weighted by Crippen LogP contribution is -2.27. The Morgan fingerprint density at radius 2 is 1.89 bits per heavy atom. The summed E-state index contributed by atoms with van der Waals surface area (Å²) in [5.74, 6) is 0.599. The molecule has 1 rings (SSSR count). The Morgan fingerprint density at radius 3 is 2.44 bits per heavy atom. The number of benzene rings is 1. The van der Waals surface area contributed by atoms with Crippen LogP contribution in [0.1, 0.15) is 20.8 Å². The van der Waals surface area contributed by atoms with Gasteiger partial charge in [0.25, 0.3) is 0 Å². The summed E-state index contributed by atoms with van der Waals surface area (Å²) in [7, 11) is 1.73. The van der Waals surface area contributed by atoms with E-state index in [1.165, 1.54) is 0 Å². The van der Waals surface area contributed by atoms with Crippen LogP contribution < -0.4 is 15.4 Å². The lowest BCUT2D eigenvalue weighted by molar-refractivity contribution is -0.115. The molecule has 1 aromatic rings. The van der Waals surface area contributed by atoms with Crippen LogP contribution >= 0.6 is 12.4 Å². The van der Waals surface area contributed by atoms with Gasteiger partial charge >= 0.3 is 0 Å². The number of hydrogen-bond acceptors (Lipinski definition) is 3. The number of hydrogen-bond donors (Lipinski definition) is 2. The van der Waals surface area contributed by atoms with Crippen LogP contribution in [0.25, 0.3) is 0 Å². The van der Waals surface area contributed by atoms with Crippen molar-refractivity contribution < 1.29 is 9.53 Å². The Morgan fingerprint density at radius 1 is 1.28 bits per heavy atom. The highest BCUT2D eigenvalue weighted by molar-refractivity contribution is 5.93. The minimum Gasteiger partial charge on any atom is -0.486 e. The highest BCUT2D eigenvalue weighted by Crippen LogP contribution is 2.27. The van der Waals surface area contributed by atoms with Gasteiger partial charge in [-0.2, -0.15) is 0 Å². The number of carbonyl (C=O) groups excluding carboxylic acids is 1. The monoisotopic (exact) mass is 272 g/mol. The first kappa shape index (κ1) is 16.7. The van der Waals surface area contributed by atoms with Gasteiger partial charge in [-0.1, -0.05) is 12.1 Å². The number of nitrogens with one attached hydrogen (secondary N) is 2. The zero-order valence-electron chi connectivity index (χ0n) is 11.2. The third-order valence-electron chi connectivity index (χ3n) is 1.91. The molecule has 102 valence electrons. The highest BCUT2D eigenvalue weighted by atomic mass is 35.5. The van der Waals surface area contributed by atoms with Crippen molar-refractivity contribution in [1.29, 1.82) is 0 Å². The fourth-order valence-corrected chi connectivity index (χ4v) is 1.34. The average molecular weight is 273 g/mol. The second kappa shape index (κ2) is 7.24. The predicted octanol–water partition coefficient (Wildman–Crippen LogP) is 2.44. The number of halogens is 1. The van der Waals surface area contributed by atoms with Crippen molar-refractivity contribution in [2.24, 2.45) is 0 Å². The molecule has 0 aromatic heterocycles. The van der Waals surface area contributed by atoms with E-state index in [4.69, 9.17) is 4.74 Å². The first-order chi connectivity index (χ1) is 7.92. The maximum Gasteiger partial charge on any atom is 0.238 e. The number of anilines is 1. The summed E-state index contributed by atoms with van der Waals surface area (Å²) >= 11 is 0. The number of ether oxygens (including phenoxy) is 1. The third-order valence-corrected chi connectivity index (χ3v) is 1.91. The van der Waals surface area contributed by atoms with Gasteiger partial charge in [0.2, 0.25) is 5.91 Å². The minimum absolute atomic E-state index is 0. The molecule has 0 unspecified atom stereocenters. The second-order valence-corrected chi connectivity index (χ2v) is 4.79. The van der Waals surface area contributed by atoms with Gasteiger partial charge in [-0.15, -0.1) is 12.4 Å². The first-order valence-electron chi connectivity index (χ1n) is 5.65. The molecule has 0 radical (unpaired) electrons. The quantitative estimate of drug-likeness (QED) is 0.885. The Balaban J connectivity index is 0.00000289. The molecule has 0 aliphatic carbocycles. The predicted molar refractivity (Wildman–Crippen MR) is 76.6 cm³/mol. The molecule has 4 nitrogen and oxygen atoms in total. The van der Waals surface area contributed by atoms with E-state index in [9.17, 15) is 4.79 Å². The Kier molecular flexibility index (Phi) is 6.73. The van der Waals surface area contributed by atoms with E-state index < -0.39 is 0 Å². The topological polar surface area (TPSA) is 50.4 Å². The van der Waals surface area contributed by atoms with Crippen molar-refractivity contribution in [3.8, 4) is 5.75 Å². The van der Waals surface area contributed by atoms with Crippen molar-refractivity contribution in [3.63, 3.8) is 0 Å². The smallest absolute Gasteiger partial charge is 0.238 e. The molecule has 0 saturated heterocycles. The van der Waals surface area contributed by atoms with E-state index in [0.717, 1.165) is 0 Å². The van der Waals surface area contributed by atoms with Gasteiger partial charge in [0.15, 0.2) is 0 Å². The Bertz CT molecular complexity index is 389. The van der Waals surface area contributed by atoms with Crippen LogP contribution in [0.3, 0.4) is 0 Å². The molecule has 0 heterocycles. The fourth-order valence-electron chi connectivity index (χ4n) is 1.34. The summed E-state index contributed by atoms with van der Waals surface area (Å²) in [5, 5.41) is 5.61. The van der Waals surface area contributed by atoms with Crippen LogP contribution in [-0.4, -0.2) is 25.1 Å². The van der Waals surface area contributed by atoms with Gasteiger partial charge in [-0.3, -0.25) is 4.79 Å². The fraction of sp³-hybridized carbons (Fsp3) is 0.462. The summed E-state index contributed by atoms with van der Waals surface area (Å²) in [6.45, 7) is 6.20. The summed E-state index contributed by atoms with van der Waals surface area (Å²) < 4.78 is 5.78. The summed E-state index contributed by atoms with van der Waals surface area (Å²) in [6, 6.07) is 7.42. The Hall–Kier alpha value is -1.26. The van der Waals surface area contributed by atoms with Crippen LogP contribution in [0.5, 0.6) is 5.75 Å². The molecule has 0 atom stereocenters. The molecule has 0 aliphatic heterocycles. The van der Waals surface area contributed by atoms with Crippen molar-refractivity contribution in [2.45, 2.75) is 26.4 Å². The van der Waals surface area contributed by atoms with Crippen molar-refractivity contribution >= 4 is 24.0 Å². The average Bonchev–Trinajstić information content (AvgIpc) is 2.19. The molecule has 0 spiro atoms. The van der Waals surface area contributed by atoms with Gasteiger partial charge < -0.3 is 15.4 Å². The molecule has 1 aromatic carbocycles. The largest absolute Gasteiger partial charge is 0.486 e. The molecular formula is C13H21ClN2O2. The van der Waals surface area contributed by atoms with E-state index in [-0.39, 0.29) is 30.5 Å². The van der Waals surface area contributed by atoms with E-state index >= 15 is 0 Å².